The smallest absolute Gasteiger partial charge is 0.293 e. The number of anilines is 1. The molecule has 0 bridgehead atoms. The van der Waals surface area contributed by atoms with E-state index in [0.717, 1.165) is 38.8 Å². The lowest BCUT2D eigenvalue weighted by molar-refractivity contribution is -0.384. The third-order valence-electron chi connectivity index (χ3n) is 3.80. The van der Waals surface area contributed by atoms with Crippen LogP contribution >= 0.6 is 0 Å². The molecule has 7 heteroatoms. The summed E-state index contributed by atoms with van der Waals surface area (Å²) in [5, 5.41) is 14.0. The van der Waals surface area contributed by atoms with Crippen molar-refractivity contribution in [3.63, 3.8) is 0 Å². The predicted octanol–water partition coefficient (Wildman–Crippen LogP) is 1.66. The number of unbranched alkanes of at least 4 members (excludes halogenated alkanes) is 1. The SMILES string of the molecule is NCCCCNC(=O)c1ccc(N2CCCC2)c([N+](=O)[O-])c1. The molecule has 1 saturated heterocycles. The number of carbonyl (C=O) groups excluding carboxylic acids is 1. The lowest BCUT2D eigenvalue weighted by atomic mass is 10.1. The van der Waals surface area contributed by atoms with Gasteiger partial charge in [0.1, 0.15) is 5.69 Å². The zero-order valence-corrected chi connectivity index (χ0v) is 12.6. The molecule has 0 saturated carbocycles. The molecule has 0 radical (unpaired) electrons. The van der Waals surface area contributed by atoms with Crippen LogP contribution in [0.2, 0.25) is 0 Å². The zero-order chi connectivity index (χ0) is 15.9. The van der Waals surface area contributed by atoms with Crippen molar-refractivity contribution in [2.75, 3.05) is 31.1 Å². The first kappa shape index (κ1) is 16.2. The first-order chi connectivity index (χ1) is 10.6. The number of hydrogen-bond donors (Lipinski definition) is 2. The third-order valence-corrected chi connectivity index (χ3v) is 3.80. The van der Waals surface area contributed by atoms with Crippen molar-refractivity contribution in [3.05, 3.63) is 33.9 Å². The standard InChI is InChI=1S/C15H22N4O3/c16-7-1-2-8-17-15(20)12-5-6-13(14(11-12)19(21)22)18-9-3-4-10-18/h5-6,11H,1-4,7-10,16H2,(H,17,20). The maximum Gasteiger partial charge on any atom is 0.293 e. The summed E-state index contributed by atoms with van der Waals surface area (Å²) in [7, 11) is 0. The van der Waals surface area contributed by atoms with Crippen LogP contribution < -0.4 is 16.0 Å². The molecule has 0 unspecified atom stereocenters. The first-order valence-corrected chi connectivity index (χ1v) is 7.65. The summed E-state index contributed by atoms with van der Waals surface area (Å²) in [5.41, 5.74) is 6.31. The Kier molecular flexibility index (Phi) is 5.71. The van der Waals surface area contributed by atoms with Crippen molar-refractivity contribution < 1.29 is 9.72 Å². The Hall–Kier alpha value is -2.15. The number of rotatable bonds is 7. The van der Waals surface area contributed by atoms with Crippen molar-refractivity contribution in [2.24, 2.45) is 5.73 Å². The molecule has 2 rings (SSSR count). The van der Waals surface area contributed by atoms with Crippen LogP contribution in [0.1, 0.15) is 36.0 Å². The minimum absolute atomic E-state index is 0.00323. The van der Waals surface area contributed by atoms with Gasteiger partial charge in [0.05, 0.1) is 4.92 Å². The summed E-state index contributed by atoms with van der Waals surface area (Å²) in [5.74, 6) is -0.284. The van der Waals surface area contributed by atoms with Crippen LogP contribution in [0.3, 0.4) is 0 Å². The number of nitro benzene ring substituents is 1. The van der Waals surface area contributed by atoms with Crippen molar-refractivity contribution in [1.29, 1.82) is 0 Å². The van der Waals surface area contributed by atoms with E-state index in [4.69, 9.17) is 5.73 Å². The quantitative estimate of drug-likeness (QED) is 0.453. The third kappa shape index (κ3) is 3.94. The summed E-state index contributed by atoms with van der Waals surface area (Å²) in [6.07, 6.45) is 3.73. The second-order valence-corrected chi connectivity index (χ2v) is 5.41. The van der Waals surface area contributed by atoms with E-state index in [-0.39, 0.29) is 11.6 Å². The molecule has 1 fully saturated rings. The molecule has 1 aromatic carbocycles. The van der Waals surface area contributed by atoms with Crippen molar-refractivity contribution >= 4 is 17.3 Å². The Morgan fingerprint density at radius 1 is 1.32 bits per heavy atom. The maximum atomic E-state index is 12.0. The lowest BCUT2D eigenvalue weighted by Gasteiger charge is -2.17. The summed E-state index contributed by atoms with van der Waals surface area (Å²) >= 11 is 0. The number of amides is 1. The average Bonchev–Trinajstić information content (AvgIpc) is 3.05. The number of nitrogens with zero attached hydrogens (tertiary/aromatic N) is 2. The van der Waals surface area contributed by atoms with Crippen LogP contribution in [0.5, 0.6) is 0 Å². The molecule has 1 amide bonds. The molecule has 0 aromatic heterocycles. The van der Waals surface area contributed by atoms with Gasteiger partial charge in [-0.2, -0.15) is 0 Å². The molecular weight excluding hydrogens is 284 g/mol. The van der Waals surface area contributed by atoms with Gasteiger partial charge >= 0.3 is 0 Å². The number of benzene rings is 1. The van der Waals surface area contributed by atoms with Gasteiger partial charge in [-0.1, -0.05) is 0 Å². The fourth-order valence-electron chi connectivity index (χ4n) is 2.61. The highest BCUT2D eigenvalue weighted by molar-refractivity contribution is 5.95. The minimum Gasteiger partial charge on any atom is -0.366 e. The molecule has 0 aliphatic carbocycles. The highest BCUT2D eigenvalue weighted by Gasteiger charge is 2.23. The van der Waals surface area contributed by atoms with Gasteiger partial charge in [0.25, 0.3) is 11.6 Å². The molecule has 1 aliphatic rings. The van der Waals surface area contributed by atoms with E-state index in [1.54, 1.807) is 12.1 Å². The highest BCUT2D eigenvalue weighted by Crippen LogP contribution is 2.31. The molecule has 7 nitrogen and oxygen atoms in total. The minimum atomic E-state index is -0.418. The number of hydrogen-bond acceptors (Lipinski definition) is 5. The number of nitro groups is 1. The lowest BCUT2D eigenvalue weighted by Crippen LogP contribution is -2.25. The van der Waals surface area contributed by atoms with Crippen LogP contribution in [0.15, 0.2) is 18.2 Å². The Balaban J connectivity index is 2.11. The Morgan fingerprint density at radius 2 is 2.05 bits per heavy atom. The van der Waals surface area contributed by atoms with E-state index in [9.17, 15) is 14.9 Å². The van der Waals surface area contributed by atoms with Crippen LogP contribution in [-0.4, -0.2) is 37.0 Å². The van der Waals surface area contributed by atoms with Gasteiger partial charge < -0.3 is 16.0 Å². The molecule has 3 N–H and O–H groups in total. The normalized spacial score (nSPS) is 14.1. The molecule has 22 heavy (non-hydrogen) atoms. The van der Waals surface area contributed by atoms with E-state index in [1.165, 1.54) is 6.07 Å². The van der Waals surface area contributed by atoms with Crippen LogP contribution in [0.25, 0.3) is 0 Å². The van der Waals surface area contributed by atoms with Crippen LogP contribution in [-0.2, 0) is 0 Å². The van der Waals surface area contributed by atoms with Gasteiger partial charge in [-0.25, -0.2) is 0 Å². The van der Waals surface area contributed by atoms with E-state index in [0.29, 0.717) is 24.3 Å². The fourth-order valence-corrected chi connectivity index (χ4v) is 2.61. The highest BCUT2D eigenvalue weighted by atomic mass is 16.6. The second-order valence-electron chi connectivity index (χ2n) is 5.41. The summed E-state index contributed by atoms with van der Waals surface area (Å²) in [4.78, 5) is 24.9. The molecule has 1 heterocycles. The van der Waals surface area contributed by atoms with Gasteiger partial charge in [-0.05, 0) is 44.4 Å². The van der Waals surface area contributed by atoms with E-state index < -0.39 is 4.92 Å². The zero-order valence-electron chi connectivity index (χ0n) is 12.6. The molecular formula is C15H22N4O3. The van der Waals surface area contributed by atoms with E-state index in [1.807, 2.05) is 4.90 Å². The fraction of sp³-hybridized carbons (Fsp3) is 0.533. The predicted molar refractivity (Wildman–Crippen MR) is 85.2 cm³/mol. The van der Waals surface area contributed by atoms with Crippen molar-refractivity contribution in [3.8, 4) is 0 Å². The van der Waals surface area contributed by atoms with Gasteiger partial charge in [0.15, 0.2) is 0 Å². The number of nitrogens with one attached hydrogen (secondary N) is 1. The molecule has 1 aromatic rings. The number of carbonyl (C=O) groups is 1. The Bertz CT molecular complexity index is 542. The average molecular weight is 306 g/mol. The van der Waals surface area contributed by atoms with E-state index >= 15 is 0 Å². The number of nitrogens with two attached hydrogens (primary N) is 1. The van der Waals surface area contributed by atoms with Crippen molar-refractivity contribution in [2.45, 2.75) is 25.7 Å². The maximum absolute atomic E-state index is 12.0. The van der Waals surface area contributed by atoms with Gasteiger partial charge in [-0.15, -0.1) is 0 Å². The first-order valence-electron chi connectivity index (χ1n) is 7.65. The summed E-state index contributed by atoms with van der Waals surface area (Å²) in [6.45, 7) is 2.76. The van der Waals surface area contributed by atoms with E-state index in [2.05, 4.69) is 5.32 Å². The summed E-state index contributed by atoms with van der Waals surface area (Å²) in [6, 6.07) is 4.70. The monoisotopic (exact) mass is 306 g/mol. The largest absolute Gasteiger partial charge is 0.366 e. The van der Waals surface area contributed by atoms with Gasteiger partial charge in [0.2, 0.25) is 0 Å². The molecule has 120 valence electrons. The Morgan fingerprint density at radius 3 is 2.68 bits per heavy atom. The van der Waals surface area contributed by atoms with Crippen molar-refractivity contribution in [1.82, 2.24) is 5.32 Å². The van der Waals surface area contributed by atoms with Gasteiger partial charge in [-0.3, -0.25) is 14.9 Å². The molecule has 0 spiro atoms. The van der Waals surface area contributed by atoms with Crippen LogP contribution in [0.4, 0.5) is 11.4 Å². The van der Waals surface area contributed by atoms with Crippen LogP contribution in [0, 0.1) is 10.1 Å². The second kappa shape index (κ2) is 7.74. The Labute approximate surface area is 129 Å². The molecule has 0 atom stereocenters. The van der Waals surface area contributed by atoms with Gasteiger partial charge in [0, 0.05) is 31.3 Å². The molecule has 1 aliphatic heterocycles. The topological polar surface area (TPSA) is 102 Å². The summed E-state index contributed by atoms with van der Waals surface area (Å²) < 4.78 is 0.